The zero-order valence-electron chi connectivity index (χ0n) is 6.12. The van der Waals surface area contributed by atoms with Crippen LogP contribution in [-0.2, 0) is 0 Å². The Kier molecular flexibility index (Phi) is 1.99. The van der Waals surface area contributed by atoms with Crippen LogP contribution in [0.4, 0.5) is 0 Å². The minimum Gasteiger partial charge on any atom is -0.408 e. The van der Waals surface area contributed by atoms with Gasteiger partial charge in [0.25, 0.3) is 0 Å². The van der Waals surface area contributed by atoms with Gasteiger partial charge in [0, 0.05) is 13.6 Å². The van der Waals surface area contributed by atoms with Crippen molar-refractivity contribution in [2.45, 2.75) is 12.8 Å². The number of hydrogen-bond donors (Lipinski definition) is 2. The zero-order valence-corrected chi connectivity index (χ0v) is 6.12. The van der Waals surface area contributed by atoms with E-state index in [1.165, 1.54) is 12.8 Å². The van der Waals surface area contributed by atoms with Crippen molar-refractivity contribution in [3.05, 3.63) is 0 Å². The van der Waals surface area contributed by atoms with Gasteiger partial charge in [0.15, 0.2) is 0 Å². The van der Waals surface area contributed by atoms with Gasteiger partial charge in [0.05, 0.1) is 0 Å². The Hall–Kier alpha value is -0.930. The van der Waals surface area contributed by atoms with Gasteiger partial charge < -0.3 is 15.8 Å². The summed E-state index contributed by atoms with van der Waals surface area (Å²) in [4.78, 5) is 1.76. The Labute approximate surface area is 60.3 Å². The summed E-state index contributed by atoms with van der Waals surface area (Å²) in [6.07, 6.45) is 2.56. The molecule has 0 heterocycles. The average Bonchev–Trinajstić information content (AvgIpc) is 2.70. The molecule has 1 saturated carbocycles. The van der Waals surface area contributed by atoms with Crippen LogP contribution in [0, 0.1) is 5.92 Å². The largest absolute Gasteiger partial charge is 0.408 e. The van der Waals surface area contributed by atoms with Crippen molar-refractivity contribution >= 4 is 5.96 Å². The smallest absolute Gasteiger partial charge is 0.233 e. The molecule has 0 radical (unpaired) electrons. The van der Waals surface area contributed by atoms with Crippen LogP contribution < -0.4 is 5.73 Å². The van der Waals surface area contributed by atoms with E-state index in [1.807, 2.05) is 7.05 Å². The van der Waals surface area contributed by atoms with Crippen LogP contribution in [0.3, 0.4) is 0 Å². The number of nitrogens with zero attached hydrogens (tertiary/aromatic N) is 2. The van der Waals surface area contributed by atoms with Gasteiger partial charge >= 0.3 is 0 Å². The van der Waals surface area contributed by atoms with Crippen molar-refractivity contribution in [1.82, 2.24) is 4.90 Å². The fourth-order valence-corrected chi connectivity index (χ4v) is 0.858. The highest BCUT2D eigenvalue weighted by Crippen LogP contribution is 2.29. The third-order valence-corrected chi connectivity index (χ3v) is 1.72. The van der Waals surface area contributed by atoms with E-state index in [2.05, 4.69) is 5.16 Å². The minimum absolute atomic E-state index is 0.201. The van der Waals surface area contributed by atoms with E-state index in [1.54, 1.807) is 4.90 Å². The summed E-state index contributed by atoms with van der Waals surface area (Å²) >= 11 is 0. The van der Waals surface area contributed by atoms with Crippen molar-refractivity contribution in [3.8, 4) is 0 Å². The van der Waals surface area contributed by atoms with Crippen LogP contribution in [0.2, 0.25) is 0 Å². The molecule has 0 aromatic carbocycles. The number of guanidine groups is 1. The molecule has 0 saturated heterocycles. The molecule has 3 N–H and O–H groups in total. The number of hydrogen-bond acceptors (Lipinski definition) is 2. The first kappa shape index (κ1) is 7.18. The SMILES string of the molecule is CN(CC1CC1)C(N)=NO. The molecular formula is C6H13N3O. The van der Waals surface area contributed by atoms with E-state index in [-0.39, 0.29) is 5.96 Å². The summed E-state index contributed by atoms with van der Waals surface area (Å²) in [6, 6.07) is 0. The van der Waals surface area contributed by atoms with E-state index in [0.29, 0.717) is 0 Å². The van der Waals surface area contributed by atoms with Crippen LogP contribution in [0.15, 0.2) is 5.16 Å². The second-order valence-electron chi connectivity index (χ2n) is 2.78. The minimum atomic E-state index is 0.201. The lowest BCUT2D eigenvalue weighted by molar-refractivity contribution is 0.303. The van der Waals surface area contributed by atoms with E-state index < -0.39 is 0 Å². The van der Waals surface area contributed by atoms with Crippen molar-refractivity contribution in [3.63, 3.8) is 0 Å². The Balaban J connectivity index is 2.25. The highest BCUT2D eigenvalue weighted by atomic mass is 16.4. The maximum Gasteiger partial charge on any atom is 0.233 e. The van der Waals surface area contributed by atoms with E-state index >= 15 is 0 Å². The summed E-state index contributed by atoms with van der Waals surface area (Å²) in [6.45, 7) is 0.913. The van der Waals surface area contributed by atoms with Gasteiger partial charge in [-0.1, -0.05) is 5.16 Å². The molecular weight excluding hydrogens is 130 g/mol. The van der Waals surface area contributed by atoms with Crippen LogP contribution >= 0.6 is 0 Å². The summed E-state index contributed by atoms with van der Waals surface area (Å²) in [5.41, 5.74) is 5.32. The maximum absolute atomic E-state index is 8.26. The zero-order chi connectivity index (χ0) is 7.56. The van der Waals surface area contributed by atoms with Gasteiger partial charge in [0.1, 0.15) is 0 Å². The molecule has 1 fully saturated rings. The Morgan fingerprint density at radius 1 is 1.80 bits per heavy atom. The average molecular weight is 143 g/mol. The van der Waals surface area contributed by atoms with E-state index in [0.717, 1.165) is 12.5 Å². The quantitative estimate of drug-likeness (QED) is 0.248. The lowest BCUT2D eigenvalue weighted by atomic mass is 10.4. The molecule has 1 aliphatic carbocycles. The molecule has 10 heavy (non-hydrogen) atoms. The van der Waals surface area contributed by atoms with Crippen molar-refractivity contribution in [1.29, 1.82) is 0 Å². The van der Waals surface area contributed by atoms with E-state index in [4.69, 9.17) is 10.9 Å². The molecule has 0 bridgehead atoms. The standard InChI is InChI=1S/C6H13N3O/c1-9(6(7)8-10)4-5-2-3-5/h5,10H,2-4H2,1H3,(H2,7,8). The maximum atomic E-state index is 8.26. The Bertz CT molecular complexity index is 142. The van der Waals surface area contributed by atoms with Gasteiger partial charge in [-0.2, -0.15) is 0 Å². The Morgan fingerprint density at radius 2 is 2.40 bits per heavy atom. The molecule has 0 aromatic rings. The third-order valence-electron chi connectivity index (χ3n) is 1.72. The highest BCUT2D eigenvalue weighted by molar-refractivity contribution is 5.77. The normalized spacial score (nSPS) is 19.1. The second-order valence-corrected chi connectivity index (χ2v) is 2.78. The van der Waals surface area contributed by atoms with Gasteiger partial charge in [-0.3, -0.25) is 0 Å². The first-order valence-electron chi connectivity index (χ1n) is 3.42. The Morgan fingerprint density at radius 3 is 2.80 bits per heavy atom. The molecule has 0 amide bonds. The summed E-state index contributed by atoms with van der Waals surface area (Å²) in [5.74, 6) is 0.970. The van der Waals surface area contributed by atoms with Crippen LogP contribution in [-0.4, -0.2) is 29.7 Å². The van der Waals surface area contributed by atoms with E-state index in [9.17, 15) is 0 Å². The molecule has 58 valence electrons. The molecule has 0 aromatic heterocycles. The fraction of sp³-hybridized carbons (Fsp3) is 0.833. The topological polar surface area (TPSA) is 61.8 Å². The molecule has 4 nitrogen and oxygen atoms in total. The molecule has 1 aliphatic rings. The first-order valence-corrected chi connectivity index (χ1v) is 3.42. The molecule has 0 aliphatic heterocycles. The van der Waals surface area contributed by atoms with Crippen LogP contribution in [0.25, 0.3) is 0 Å². The van der Waals surface area contributed by atoms with Crippen molar-refractivity contribution < 1.29 is 5.21 Å². The molecule has 1 rings (SSSR count). The van der Waals surface area contributed by atoms with Crippen molar-refractivity contribution in [2.24, 2.45) is 16.8 Å². The fourth-order valence-electron chi connectivity index (χ4n) is 0.858. The number of rotatable bonds is 2. The molecule has 0 atom stereocenters. The third kappa shape index (κ3) is 1.79. The summed E-state index contributed by atoms with van der Waals surface area (Å²) in [7, 11) is 1.83. The lowest BCUT2D eigenvalue weighted by Crippen LogP contribution is -2.35. The molecule has 4 heteroatoms. The van der Waals surface area contributed by atoms with Crippen LogP contribution in [0.5, 0.6) is 0 Å². The first-order chi connectivity index (χ1) is 4.74. The van der Waals surface area contributed by atoms with Crippen molar-refractivity contribution in [2.75, 3.05) is 13.6 Å². The monoisotopic (exact) mass is 143 g/mol. The van der Waals surface area contributed by atoms with Gasteiger partial charge in [0.2, 0.25) is 5.96 Å². The second kappa shape index (κ2) is 2.77. The van der Waals surface area contributed by atoms with Gasteiger partial charge in [-0.15, -0.1) is 0 Å². The predicted octanol–water partition coefficient (Wildman–Crippen LogP) is 0.0321. The highest BCUT2D eigenvalue weighted by Gasteiger charge is 2.23. The molecule has 0 spiro atoms. The number of nitrogens with two attached hydrogens (primary N) is 1. The lowest BCUT2D eigenvalue weighted by Gasteiger charge is -2.15. The van der Waals surface area contributed by atoms with Gasteiger partial charge in [-0.25, -0.2) is 0 Å². The number of oxime groups is 1. The van der Waals surface area contributed by atoms with Gasteiger partial charge in [-0.05, 0) is 18.8 Å². The summed E-state index contributed by atoms with van der Waals surface area (Å²) < 4.78 is 0. The van der Waals surface area contributed by atoms with Crippen LogP contribution in [0.1, 0.15) is 12.8 Å². The predicted molar refractivity (Wildman–Crippen MR) is 38.8 cm³/mol. The molecule has 0 unspecified atom stereocenters. The summed E-state index contributed by atoms with van der Waals surface area (Å²) in [5, 5.41) is 11.1.